The van der Waals surface area contributed by atoms with Gasteiger partial charge >= 0.3 is 0 Å². The summed E-state index contributed by atoms with van der Waals surface area (Å²) >= 11 is 0. The van der Waals surface area contributed by atoms with Crippen molar-refractivity contribution in [3.63, 3.8) is 0 Å². The van der Waals surface area contributed by atoms with Crippen molar-refractivity contribution in [2.45, 2.75) is 96.3 Å². The molecule has 6 aliphatic carbocycles. The van der Waals surface area contributed by atoms with Gasteiger partial charge in [0, 0.05) is 25.9 Å². The van der Waals surface area contributed by atoms with Gasteiger partial charge in [-0.3, -0.25) is 4.79 Å². The van der Waals surface area contributed by atoms with Crippen LogP contribution in [0, 0.1) is 41.4 Å². The number of hydrogen-bond donors (Lipinski definition) is 0. The number of rotatable bonds is 7. The lowest BCUT2D eigenvalue weighted by Gasteiger charge is -2.26. The van der Waals surface area contributed by atoms with E-state index in [0.717, 1.165) is 48.3 Å². The zero-order chi connectivity index (χ0) is 36.2. The van der Waals surface area contributed by atoms with Gasteiger partial charge in [-0.1, -0.05) is 67.4 Å². The second kappa shape index (κ2) is 20.8. The Hall–Kier alpha value is -2.78. The molecule has 53 heavy (non-hydrogen) atoms. The van der Waals surface area contributed by atoms with Crippen LogP contribution < -0.4 is 28.3 Å². The van der Waals surface area contributed by atoms with Crippen LogP contribution in [0.15, 0.2) is 103 Å². The number of aldehydes is 1. The number of ketones is 1. The van der Waals surface area contributed by atoms with Gasteiger partial charge in [0.25, 0.3) is 0 Å². The number of fused-ring (bicyclic) bond motifs is 6. The van der Waals surface area contributed by atoms with Crippen LogP contribution in [0.3, 0.4) is 0 Å². The van der Waals surface area contributed by atoms with Crippen molar-refractivity contribution in [2.75, 3.05) is 20.6 Å². The van der Waals surface area contributed by atoms with Crippen LogP contribution in [-0.4, -0.2) is 32.6 Å². The minimum absolute atomic E-state index is 0. The van der Waals surface area contributed by atoms with Crippen molar-refractivity contribution >= 4 is 35.2 Å². The van der Waals surface area contributed by atoms with Crippen molar-refractivity contribution in [3.8, 4) is 0 Å². The average Bonchev–Trinajstić information content (AvgIpc) is 3.84. The summed E-state index contributed by atoms with van der Waals surface area (Å²) < 4.78 is 10.8. The van der Waals surface area contributed by atoms with E-state index in [4.69, 9.17) is 9.47 Å². The summed E-state index contributed by atoms with van der Waals surface area (Å²) in [5, 5.41) is 4.07. The third-order valence-electron chi connectivity index (χ3n) is 12.7. The topological polar surface area (TPSA) is 52.6 Å². The fraction of sp³-hybridized carbons (Fsp3) is 0.532. The molecule has 9 rings (SSSR count). The molecule has 0 N–H and O–H groups in total. The maximum Gasteiger partial charge on any atom is 0.170 e. The first-order valence-electron chi connectivity index (χ1n) is 20.2. The summed E-state index contributed by atoms with van der Waals surface area (Å²) in [4.78, 5) is 21.4. The molecule has 0 aliphatic heterocycles. The normalized spacial score (nSPS) is 27.7. The fourth-order valence-electron chi connectivity index (χ4n) is 10.5. The molecule has 0 amide bonds. The molecule has 0 saturated heterocycles. The molecule has 6 unspecified atom stereocenters. The summed E-state index contributed by atoms with van der Waals surface area (Å²) in [6, 6.07) is 32.3. The highest BCUT2D eigenvalue weighted by Crippen LogP contribution is 2.55. The van der Waals surface area contributed by atoms with Gasteiger partial charge < -0.3 is 26.7 Å². The monoisotopic (exact) mass is 756 g/mol. The number of halogens is 1. The molecule has 0 heterocycles. The van der Waals surface area contributed by atoms with Crippen LogP contribution in [0.1, 0.15) is 96.3 Å². The van der Waals surface area contributed by atoms with E-state index in [1.165, 1.54) is 106 Å². The minimum atomic E-state index is -1.78. The second-order valence-corrected chi connectivity index (χ2v) is 20.0. The first kappa shape index (κ1) is 41.4. The van der Waals surface area contributed by atoms with E-state index in [2.05, 4.69) is 91.0 Å². The van der Waals surface area contributed by atoms with Crippen molar-refractivity contribution < 1.29 is 31.5 Å². The number of allylic oxidation sites excluding steroid dienone is 1. The van der Waals surface area contributed by atoms with E-state index < -0.39 is 7.26 Å². The van der Waals surface area contributed by atoms with Gasteiger partial charge in [-0.15, -0.1) is 0 Å². The second-order valence-electron chi connectivity index (χ2n) is 16.6. The predicted octanol–water partition coefficient (Wildman–Crippen LogP) is 7.09. The summed E-state index contributed by atoms with van der Waals surface area (Å²) in [6.45, 7) is 0. The molecule has 0 radical (unpaired) electrons. The Morgan fingerprint density at radius 2 is 0.943 bits per heavy atom. The Morgan fingerprint density at radius 1 is 0.566 bits per heavy atom. The van der Waals surface area contributed by atoms with Crippen molar-refractivity contribution in [2.24, 2.45) is 41.4 Å². The zero-order valence-electron chi connectivity index (χ0n) is 32.1. The highest BCUT2D eigenvalue weighted by molar-refractivity contribution is 7.95. The lowest BCUT2D eigenvalue weighted by Crippen LogP contribution is -3.00. The lowest BCUT2D eigenvalue weighted by molar-refractivity contribution is -0.121. The predicted molar refractivity (Wildman–Crippen MR) is 217 cm³/mol. The van der Waals surface area contributed by atoms with Crippen LogP contribution in [0.5, 0.6) is 0 Å². The maximum absolute atomic E-state index is 10.9. The summed E-state index contributed by atoms with van der Waals surface area (Å²) in [6.07, 6.45) is 23.3. The van der Waals surface area contributed by atoms with Gasteiger partial charge in [0.05, 0.1) is 13.4 Å². The van der Waals surface area contributed by atoms with E-state index >= 15 is 0 Å². The molecule has 6 bridgehead atoms. The molecular formula is C47H62ClO4P. The first-order valence-corrected chi connectivity index (χ1v) is 22.2. The number of Topliss-reactive ketones (excluding diaryl/α,β-unsaturated/α-hetero) is 1. The fourth-order valence-corrected chi connectivity index (χ4v) is 14.3. The molecule has 6 atom stereocenters. The number of benzene rings is 3. The number of carbonyl (C=O) groups is 2. The zero-order valence-corrected chi connectivity index (χ0v) is 33.8. The average molecular weight is 757 g/mol. The molecule has 3 aromatic rings. The third-order valence-corrected chi connectivity index (χ3v) is 16.9. The summed E-state index contributed by atoms with van der Waals surface area (Å²) in [5.41, 5.74) is 1.55. The van der Waals surface area contributed by atoms with Gasteiger partial charge in [-0.05, 0) is 148 Å². The van der Waals surface area contributed by atoms with Crippen molar-refractivity contribution in [1.29, 1.82) is 0 Å². The van der Waals surface area contributed by atoms with E-state index in [-0.39, 0.29) is 12.4 Å². The maximum atomic E-state index is 10.9. The van der Waals surface area contributed by atoms with Gasteiger partial charge in [0.15, 0.2) is 6.35 Å². The van der Waals surface area contributed by atoms with E-state index in [0.29, 0.717) is 18.0 Å². The number of ether oxygens (including phenoxy) is 2. The van der Waals surface area contributed by atoms with Crippen LogP contribution in [0.2, 0.25) is 0 Å². The molecule has 286 valence electrons. The minimum Gasteiger partial charge on any atom is -1.00 e. The molecule has 3 aromatic carbocycles. The third kappa shape index (κ3) is 11.1. The smallest absolute Gasteiger partial charge is 0.170 e. The van der Waals surface area contributed by atoms with Gasteiger partial charge in [0.2, 0.25) is 0 Å². The van der Waals surface area contributed by atoms with E-state index in [1.807, 2.05) is 6.26 Å². The van der Waals surface area contributed by atoms with E-state index in [1.54, 1.807) is 19.8 Å². The molecule has 6 heteroatoms. The van der Waals surface area contributed by atoms with Gasteiger partial charge in [-0.2, -0.15) is 0 Å². The quantitative estimate of drug-likeness (QED) is 0.147. The van der Waals surface area contributed by atoms with Crippen molar-refractivity contribution in [3.05, 3.63) is 103 Å². The van der Waals surface area contributed by atoms with Gasteiger partial charge in [0.1, 0.15) is 35.2 Å². The van der Waals surface area contributed by atoms with Crippen LogP contribution in [-0.2, 0) is 19.1 Å². The Morgan fingerprint density at radius 3 is 1.32 bits per heavy atom. The van der Waals surface area contributed by atoms with Crippen molar-refractivity contribution in [1.82, 2.24) is 0 Å². The molecule has 6 aliphatic rings. The molecule has 4 nitrogen and oxygen atoms in total. The Labute approximate surface area is 326 Å². The first-order chi connectivity index (χ1) is 25.5. The molecule has 0 aromatic heterocycles. The standard InChI is InChI=1S/C20H20OP.C10H16O.C9H14O.C8H12O.ClH/c1-21-17-22(18-11-5-2-6-12-18,19-13-7-3-8-14-19)20-15-9-4-10-16-20;1-11-7-10-5-8-2-3-9(4-8)6-10;10-6-9-4-7-1-2-8(3-7)5-9;9-8-4-6-1-2-7(3-6)5-8;/h2-16H,17H2,1H3;7-9H,2-6H2,1H3;6-9H,1-5H2;6-7H,1-5H2;1H/q+1;;;;/p-1. The number of hydrogen-bond acceptors (Lipinski definition) is 4. The summed E-state index contributed by atoms with van der Waals surface area (Å²) in [5.74, 6) is 6.33. The highest BCUT2D eigenvalue weighted by Gasteiger charge is 2.45. The van der Waals surface area contributed by atoms with Crippen LogP contribution in [0.25, 0.3) is 0 Å². The molecular weight excluding hydrogens is 695 g/mol. The van der Waals surface area contributed by atoms with Crippen LogP contribution >= 0.6 is 7.26 Å². The largest absolute Gasteiger partial charge is 1.00 e. The molecule has 6 saturated carbocycles. The number of carbonyl (C=O) groups excluding carboxylic acids is 2. The lowest BCUT2D eigenvalue weighted by atomic mass is 9.82. The molecule has 0 spiro atoms. The summed E-state index contributed by atoms with van der Waals surface area (Å²) in [7, 11) is 1.77. The van der Waals surface area contributed by atoms with Gasteiger partial charge in [-0.25, -0.2) is 0 Å². The SMILES string of the molecule is COC=C1CC2CCC(C1)C2.COC[P+](c1ccccc1)(c1ccccc1)c1ccccc1.O=C1CC2CCC(C1)C2.O=CC1CC2CCC(C1)C2.[Cl-]. The van der Waals surface area contributed by atoms with E-state index in [9.17, 15) is 9.59 Å². The Bertz CT molecular complexity index is 1430. The Kier molecular flexibility index (Phi) is 16.2. The molecule has 6 fully saturated rings. The number of methoxy groups -OCH3 is 2. The van der Waals surface area contributed by atoms with Crippen LogP contribution in [0.4, 0.5) is 0 Å². The Balaban J connectivity index is 0.000000147. The highest BCUT2D eigenvalue weighted by atomic mass is 35.5.